The maximum atomic E-state index is 13.7. The first-order valence-corrected chi connectivity index (χ1v) is 12.9. The minimum Gasteiger partial charge on any atom is -0.333 e. The SMILES string of the molecule is Cc1ncc(C(=O)N2CCN(CC(C)C)CCCN(C(=O)CC(C)C)c3ccccc3C2)c(C)n1. The molecule has 2 amide bonds. The normalized spacial score (nSPS) is 15.8. The third-order valence-electron chi connectivity index (χ3n) is 6.31. The molecule has 7 heteroatoms. The van der Waals surface area contributed by atoms with Crippen molar-refractivity contribution in [2.75, 3.05) is 37.6 Å². The van der Waals surface area contributed by atoms with Gasteiger partial charge in [0, 0.05) is 51.0 Å². The van der Waals surface area contributed by atoms with Crippen molar-refractivity contribution in [2.24, 2.45) is 11.8 Å². The lowest BCUT2D eigenvalue weighted by Crippen LogP contribution is -2.40. The summed E-state index contributed by atoms with van der Waals surface area (Å²) in [6.45, 7) is 16.6. The van der Waals surface area contributed by atoms with Crippen molar-refractivity contribution in [1.29, 1.82) is 0 Å². The Hall–Kier alpha value is -2.80. The summed E-state index contributed by atoms with van der Waals surface area (Å²) in [7, 11) is 0. The Morgan fingerprint density at radius 1 is 0.971 bits per heavy atom. The number of aryl methyl sites for hydroxylation is 2. The molecule has 1 aromatic carbocycles. The Morgan fingerprint density at radius 3 is 2.40 bits per heavy atom. The van der Waals surface area contributed by atoms with Crippen LogP contribution in [0.3, 0.4) is 0 Å². The fraction of sp³-hybridized carbons (Fsp3) is 0.571. The minimum absolute atomic E-state index is 0.0684. The molecule has 1 aromatic heterocycles. The van der Waals surface area contributed by atoms with Crippen LogP contribution < -0.4 is 4.90 Å². The molecule has 0 saturated heterocycles. The number of amides is 2. The van der Waals surface area contributed by atoms with Crippen molar-refractivity contribution in [3.8, 4) is 0 Å². The number of para-hydroxylation sites is 1. The van der Waals surface area contributed by atoms with Crippen LogP contribution in [-0.2, 0) is 11.3 Å². The summed E-state index contributed by atoms with van der Waals surface area (Å²) in [6, 6.07) is 8.01. The highest BCUT2D eigenvalue weighted by Crippen LogP contribution is 2.26. The van der Waals surface area contributed by atoms with Crippen LogP contribution in [0.25, 0.3) is 0 Å². The molecule has 190 valence electrons. The Morgan fingerprint density at radius 2 is 1.71 bits per heavy atom. The molecule has 1 aliphatic heterocycles. The van der Waals surface area contributed by atoms with Crippen LogP contribution in [0, 0.1) is 25.7 Å². The molecule has 0 fully saturated rings. The van der Waals surface area contributed by atoms with Crippen LogP contribution in [-0.4, -0.2) is 64.3 Å². The monoisotopic (exact) mass is 479 g/mol. The first-order valence-electron chi connectivity index (χ1n) is 12.9. The minimum atomic E-state index is -0.0684. The van der Waals surface area contributed by atoms with E-state index in [0.29, 0.717) is 49.1 Å². The van der Waals surface area contributed by atoms with Gasteiger partial charge in [0.25, 0.3) is 5.91 Å². The molecule has 0 spiro atoms. The van der Waals surface area contributed by atoms with Crippen LogP contribution in [0.4, 0.5) is 5.69 Å². The lowest BCUT2D eigenvalue weighted by Gasteiger charge is -2.29. The molecule has 0 aliphatic carbocycles. The Kier molecular flexibility index (Phi) is 9.38. The Bertz CT molecular complexity index is 1020. The summed E-state index contributed by atoms with van der Waals surface area (Å²) < 4.78 is 0. The van der Waals surface area contributed by atoms with Gasteiger partial charge in [-0.15, -0.1) is 0 Å². The van der Waals surface area contributed by atoms with Gasteiger partial charge in [-0.2, -0.15) is 0 Å². The molecule has 2 heterocycles. The fourth-order valence-corrected chi connectivity index (χ4v) is 4.69. The van der Waals surface area contributed by atoms with Crippen molar-refractivity contribution >= 4 is 17.5 Å². The number of carbonyl (C=O) groups is 2. The molecule has 0 atom stereocenters. The molecule has 0 saturated carbocycles. The third-order valence-corrected chi connectivity index (χ3v) is 6.31. The van der Waals surface area contributed by atoms with E-state index in [0.717, 1.165) is 37.3 Å². The Labute approximate surface area is 210 Å². The number of anilines is 1. The van der Waals surface area contributed by atoms with Crippen molar-refractivity contribution in [3.63, 3.8) is 0 Å². The number of benzene rings is 1. The highest BCUT2D eigenvalue weighted by molar-refractivity contribution is 5.96. The largest absolute Gasteiger partial charge is 0.333 e. The predicted octanol–water partition coefficient (Wildman–Crippen LogP) is 4.48. The molecule has 3 rings (SSSR count). The van der Waals surface area contributed by atoms with Crippen molar-refractivity contribution in [3.05, 3.63) is 53.1 Å². The second kappa shape index (κ2) is 12.2. The highest BCUT2D eigenvalue weighted by atomic mass is 16.2. The van der Waals surface area contributed by atoms with E-state index in [2.05, 4.69) is 42.6 Å². The van der Waals surface area contributed by atoms with Crippen molar-refractivity contribution < 1.29 is 9.59 Å². The van der Waals surface area contributed by atoms with Gasteiger partial charge in [0.2, 0.25) is 5.91 Å². The Balaban J connectivity index is 2.00. The first kappa shape index (κ1) is 26.8. The molecule has 0 bridgehead atoms. The zero-order valence-corrected chi connectivity index (χ0v) is 22.3. The van der Waals surface area contributed by atoms with E-state index in [-0.39, 0.29) is 17.7 Å². The van der Waals surface area contributed by atoms with E-state index < -0.39 is 0 Å². The number of nitrogens with zero attached hydrogens (tertiary/aromatic N) is 5. The van der Waals surface area contributed by atoms with Crippen LogP contribution >= 0.6 is 0 Å². The maximum Gasteiger partial charge on any atom is 0.257 e. The molecular weight excluding hydrogens is 438 g/mol. The summed E-state index contributed by atoms with van der Waals surface area (Å²) >= 11 is 0. The number of carbonyl (C=O) groups excluding carboxylic acids is 2. The quantitative estimate of drug-likeness (QED) is 0.633. The predicted molar refractivity (Wildman–Crippen MR) is 140 cm³/mol. The average molecular weight is 480 g/mol. The topological polar surface area (TPSA) is 69.6 Å². The molecule has 2 aromatic rings. The molecular formula is C28H41N5O2. The van der Waals surface area contributed by atoms with Gasteiger partial charge in [-0.3, -0.25) is 9.59 Å². The molecule has 0 unspecified atom stereocenters. The van der Waals surface area contributed by atoms with Crippen LogP contribution in [0.5, 0.6) is 0 Å². The zero-order chi connectivity index (χ0) is 25.5. The van der Waals surface area contributed by atoms with Crippen LogP contribution in [0.2, 0.25) is 0 Å². The van der Waals surface area contributed by atoms with E-state index >= 15 is 0 Å². The van der Waals surface area contributed by atoms with Gasteiger partial charge < -0.3 is 14.7 Å². The number of rotatable bonds is 5. The van der Waals surface area contributed by atoms with Gasteiger partial charge in [-0.25, -0.2) is 9.97 Å². The fourth-order valence-electron chi connectivity index (χ4n) is 4.69. The summed E-state index contributed by atoms with van der Waals surface area (Å²) in [5, 5.41) is 0. The summed E-state index contributed by atoms with van der Waals surface area (Å²) in [6.07, 6.45) is 3.04. The molecule has 7 nitrogen and oxygen atoms in total. The van der Waals surface area contributed by atoms with E-state index in [1.807, 2.05) is 47.9 Å². The van der Waals surface area contributed by atoms with E-state index in [1.54, 1.807) is 6.20 Å². The number of aromatic nitrogens is 2. The second-order valence-corrected chi connectivity index (χ2v) is 10.5. The lowest BCUT2D eigenvalue weighted by atomic mass is 10.1. The van der Waals surface area contributed by atoms with Crippen molar-refractivity contribution in [1.82, 2.24) is 19.8 Å². The number of hydrogen-bond donors (Lipinski definition) is 0. The van der Waals surface area contributed by atoms with Gasteiger partial charge in [0.1, 0.15) is 5.82 Å². The number of hydrogen-bond acceptors (Lipinski definition) is 5. The molecule has 0 N–H and O–H groups in total. The first-order chi connectivity index (χ1) is 16.7. The lowest BCUT2D eigenvalue weighted by molar-refractivity contribution is -0.119. The highest BCUT2D eigenvalue weighted by Gasteiger charge is 2.25. The average Bonchev–Trinajstić information content (AvgIpc) is 2.81. The van der Waals surface area contributed by atoms with Crippen molar-refractivity contribution in [2.45, 2.75) is 60.9 Å². The van der Waals surface area contributed by atoms with Gasteiger partial charge in [-0.05, 0) is 50.3 Å². The van der Waals surface area contributed by atoms with Gasteiger partial charge >= 0.3 is 0 Å². The smallest absolute Gasteiger partial charge is 0.257 e. The standard InChI is InChI=1S/C28H41N5O2/c1-20(2)16-27(34)33-13-9-12-31(18-21(3)4)14-15-32(19-24-10-7-8-11-26(24)33)28(35)25-17-29-23(6)30-22(25)5/h7-8,10-11,17,20-21H,9,12-16,18-19H2,1-6H3. The second-order valence-electron chi connectivity index (χ2n) is 10.5. The van der Waals surface area contributed by atoms with Crippen LogP contribution in [0.15, 0.2) is 30.5 Å². The molecule has 1 aliphatic rings. The number of fused-ring (bicyclic) bond motifs is 1. The molecule has 0 radical (unpaired) electrons. The molecule has 35 heavy (non-hydrogen) atoms. The van der Waals surface area contributed by atoms with E-state index in [9.17, 15) is 9.59 Å². The van der Waals surface area contributed by atoms with E-state index in [1.165, 1.54) is 0 Å². The third kappa shape index (κ3) is 7.34. The van der Waals surface area contributed by atoms with Gasteiger partial charge in [0.15, 0.2) is 0 Å². The van der Waals surface area contributed by atoms with Crippen LogP contribution in [0.1, 0.15) is 68.0 Å². The van der Waals surface area contributed by atoms with Gasteiger partial charge in [0.05, 0.1) is 11.3 Å². The maximum absolute atomic E-state index is 13.7. The summed E-state index contributed by atoms with van der Waals surface area (Å²) in [4.78, 5) is 42.0. The van der Waals surface area contributed by atoms with Gasteiger partial charge in [-0.1, -0.05) is 45.9 Å². The summed E-state index contributed by atoms with van der Waals surface area (Å²) in [5.41, 5.74) is 3.12. The zero-order valence-electron chi connectivity index (χ0n) is 22.3. The van der Waals surface area contributed by atoms with E-state index in [4.69, 9.17) is 0 Å². The summed E-state index contributed by atoms with van der Waals surface area (Å²) in [5.74, 6) is 1.54.